The maximum atomic E-state index is 13.2. The Morgan fingerprint density at radius 2 is 1.74 bits per heavy atom. The molecule has 1 unspecified atom stereocenters. The molecular formula is C16H17BrFN. The SMILES string of the molecule is Cc1cc(NC(C)c2cccc(F)c2)cc(C)c1Br. The molecule has 100 valence electrons. The van der Waals surface area contributed by atoms with Crippen LogP contribution in [0, 0.1) is 19.7 Å². The molecule has 1 atom stereocenters. The molecule has 19 heavy (non-hydrogen) atoms. The third-order valence-corrected chi connectivity index (χ3v) is 4.42. The average Bonchev–Trinajstić information content (AvgIpc) is 2.36. The highest BCUT2D eigenvalue weighted by Crippen LogP contribution is 2.27. The summed E-state index contributed by atoms with van der Waals surface area (Å²) < 4.78 is 14.3. The Kier molecular flexibility index (Phi) is 4.25. The molecule has 2 aromatic rings. The van der Waals surface area contributed by atoms with Gasteiger partial charge in [0.05, 0.1) is 0 Å². The van der Waals surface area contributed by atoms with Crippen LogP contribution >= 0.6 is 15.9 Å². The largest absolute Gasteiger partial charge is 0.379 e. The molecule has 0 saturated carbocycles. The smallest absolute Gasteiger partial charge is 0.123 e. The van der Waals surface area contributed by atoms with Gasteiger partial charge in [-0.25, -0.2) is 4.39 Å². The van der Waals surface area contributed by atoms with E-state index in [4.69, 9.17) is 0 Å². The molecule has 1 N–H and O–H groups in total. The number of benzene rings is 2. The summed E-state index contributed by atoms with van der Waals surface area (Å²) in [5, 5.41) is 3.41. The van der Waals surface area contributed by atoms with Gasteiger partial charge in [-0.05, 0) is 61.7 Å². The van der Waals surface area contributed by atoms with E-state index in [1.165, 1.54) is 17.2 Å². The van der Waals surface area contributed by atoms with Crippen LogP contribution in [0.4, 0.5) is 10.1 Å². The van der Waals surface area contributed by atoms with E-state index < -0.39 is 0 Å². The van der Waals surface area contributed by atoms with Gasteiger partial charge >= 0.3 is 0 Å². The van der Waals surface area contributed by atoms with Crippen LogP contribution in [0.1, 0.15) is 29.7 Å². The van der Waals surface area contributed by atoms with Crippen molar-refractivity contribution in [3.8, 4) is 0 Å². The Morgan fingerprint density at radius 3 is 2.32 bits per heavy atom. The summed E-state index contributed by atoms with van der Waals surface area (Å²) in [5.41, 5.74) is 4.37. The number of hydrogen-bond donors (Lipinski definition) is 1. The molecule has 0 saturated heterocycles. The van der Waals surface area contributed by atoms with Crippen molar-refractivity contribution in [2.75, 3.05) is 5.32 Å². The first-order valence-electron chi connectivity index (χ1n) is 6.26. The van der Waals surface area contributed by atoms with Gasteiger partial charge in [-0.2, -0.15) is 0 Å². The summed E-state index contributed by atoms with van der Waals surface area (Å²) in [4.78, 5) is 0. The predicted octanol–water partition coefficient (Wildman–Crippen LogP) is 5.38. The number of aryl methyl sites for hydroxylation is 2. The number of hydrogen-bond acceptors (Lipinski definition) is 1. The van der Waals surface area contributed by atoms with Crippen LogP contribution in [0.25, 0.3) is 0 Å². The molecule has 0 aliphatic rings. The minimum Gasteiger partial charge on any atom is -0.379 e. The van der Waals surface area contributed by atoms with E-state index in [9.17, 15) is 4.39 Å². The van der Waals surface area contributed by atoms with Crippen LogP contribution in [0.5, 0.6) is 0 Å². The van der Waals surface area contributed by atoms with Crippen molar-refractivity contribution >= 4 is 21.6 Å². The molecule has 0 aliphatic carbocycles. The van der Waals surface area contributed by atoms with Gasteiger partial charge in [-0.3, -0.25) is 0 Å². The number of rotatable bonds is 3. The van der Waals surface area contributed by atoms with Gasteiger partial charge in [0, 0.05) is 16.2 Å². The van der Waals surface area contributed by atoms with Crippen molar-refractivity contribution < 1.29 is 4.39 Å². The topological polar surface area (TPSA) is 12.0 Å². The lowest BCUT2D eigenvalue weighted by atomic mass is 10.1. The van der Waals surface area contributed by atoms with Crippen LogP contribution in [0.3, 0.4) is 0 Å². The first kappa shape index (κ1) is 14.1. The molecule has 0 aliphatic heterocycles. The molecule has 0 amide bonds. The van der Waals surface area contributed by atoms with Crippen LogP contribution < -0.4 is 5.32 Å². The molecule has 0 heterocycles. The molecule has 0 spiro atoms. The van der Waals surface area contributed by atoms with Crippen molar-refractivity contribution in [2.24, 2.45) is 0 Å². The standard InChI is InChI=1S/C16H17BrFN/c1-10-7-15(8-11(2)16(10)17)19-12(3)13-5-4-6-14(18)9-13/h4-9,12,19H,1-3H3. The summed E-state index contributed by atoms with van der Waals surface area (Å²) in [5.74, 6) is -0.200. The zero-order chi connectivity index (χ0) is 14.0. The summed E-state index contributed by atoms with van der Waals surface area (Å²) >= 11 is 3.56. The molecule has 0 bridgehead atoms. The quantitative estimate of drug-likeness (QED) is 0.800. The van der Waals surface area contributed by atoms with Gasteiger partial charge < -0.3 is 5.32 Å². The number of nitrogens with one attached hydrogen (secondary N) is 1. The van der Waals surface area contributed by atoms with Gasteiger partial charge in [0.1, 0.15) is 5.82 Å². The second kappa shape index (κ2) is 5.74. The van der Waals surface area contributed by atoms with Crippen molar-refractivity contribution in [3.63, 3.8) is 0 Å². The highest BCUT2D eigenvalue weighted by Gasteiger charge is 2.08. The maximum Gasteiger partial charge on any atom is 0.123 e. The Balaban J connectivity index is 2.21. The average molecular weight is 322 g/mol. The van der Waals surface area contributed by atoms with Crippen molar-refractivity contribution in [1.29, 1.82) is 0 Å². The predicted molar refractivity (Wildman–Crippen MR) is 82.1 cm³/mol. The molecule has 2 rings (SSSR count). The van der Waals surface area contributed by atoms with Crippen LogP contribution in [-0.4, -0.2) is 0 Å². The fourth-order valence-corrected chi connectivity index (χ4v) is 2.37. The van der Waals surface area contributed by atoms with E-state index in [0.717, 1.165) is 15.7 Å². The Bertz CT molecular complexity index is 572. The molecule has 2 aromatic carbocycles. The zero-order valence-corrected chi connectivity index (χ0v) is 12.9. The normalized spacial score (nSPS) is 12.3. The summed E-state index contributed by atoms with van der Waals surface area (Å²) in [6.45, 7) is 6.16. The highest BCUT2D eigenvalue weighted by molar-refractivity contribution is 9.10. The van der Waals surface area contributed by atoms with Crippen LogP contribution in [0.15, 0.2) is 40.9 Å². The van der Waals surface area contributed by atoms with Crippen molar-refractivity contribution in [2.45, 2.75) is 26.8 Å². The minimum absolute atomic E-state index is 0.0654. The summed E-state index contributed by atoms with van der Waals surface area (Å²) in [6.07, 6.45) is 0. The lowest BCUT2D eigenvalue weighted by molar-refractivity contribution is 0.623. The van der Waals surface area contributed by atoms with E-state index in [1.807, 2.05) is 13.0 Å². The maximum absolute atomic E-state index is 13.2. The summed E-state index contributed by atoms with van der Waals surface area (Å²) in [7, 11) is 0. The lowest BCUT2D eigenvalue weighted by Gasteiger charge is -2.17. The Labute approximate surface area is 122 Å². The Hall–Kier alpha value is -1.35. The molecule has 0 fully saturated rings. The van der Waals surface area contributed by atoms with Crippen molar-refractivity contribution in [1.82, 2.24) is 0 Å². The molecule has 0 radical (unpaired) electrons. The lowest BCUT2D eigenvalue weighted by Crippen LogP contribution is -2.07. The van der Waals surface area contributed by atoms with E-state index in [1.54, 1.807) is 12.1 Å². The third-order valence-electron chi connectivity index (χ3n) is 3.17. The van der Waals surface area contributed by atoms with Crippen LogP contribution in [-0.2, 0) is 0 Å². The third kappa shape index (κ3) is 3.35. The van der Waals surface area contributed by atoms with E-state index >= 15 is 0 Å². The van der Waals surface area contributed by atoms with E-state index in [-0.39, 0.29) is 11.9 Å². The fourth-order valence-electron chi connectivity index (χ4n) is 2.14. The Morgan fingerprint density at radius 1 is 1.11 bits per heavy atom. The first-order valence-corrected chi connectivity index (χ1v) is 7.05. The zero-order valence-electron chi connectivity index (χ0n) is 11.3. The molecular weight excluding hydrogens is 305 g/mol. The van der Waals surface area contributed by atoms with Gasteiger partial charge in [0.15, 0.2) is 0 Å². The van der Waals surface area contributed by atoms with E-state index in [2.05, 4.69) is 47.2 Å². The molecule has 3 heteroatoms. The highest BCUT2D eigenvalue weighted by atomic mass is 79.9. The van der Waals surface area contributed by atoms with Crippen LogP contribution in [0.2, 0.25) is 0 Å². The monoisotopic (exact) mass is 321 g/mol. The van der Waals surface area contributed by atoms with Gasteiger partial charge in [-0.1, -0.05) is 28.1 Å². The van der Waals surface area contributed by atoms with Crippen molar-refractivity contribution in [3.05, 3.63) is 63.4 Å². The fraction of sp³-hybridized carbons (Fsp3) is 0.250. The number of halogens is 2. The van der Waals surface area contributed by atoms with Gasteiger partial charge in [0.2, 0.25) is 0 Å². The summed E-state index contributed by atoms with van der Waals surface area (Å²) in [6, 6.07) is 10.9. The first-order chi connectivity index (χ1) is 8.97. The molecule has 0 aromatic heterocycles. The minimum atomic E-state index is -0.200. The number of anilines is 1. The second-order valence-corrected chi connectivity index (χ2v) is 5.64. The van der Waals surface area contributed by atoms with Gasteiger partial charge in [0.25, 0.3) is 0 Å². The molecule has 1 nitrogen and oxygen atoms in total. The van der Waals surface area contributed by atoms with Gasteiger partial charge in [-0.15, -0.1) is 0 Å². The second-order valence-electron chi connectivity index (χ2n) is 4.85. The van der Waals surface area contributed by atoms with E-state index in [0.29, 0.717) is 0 Å².